The molecule has 2 aromatic rings. The van der Waals surface area contributed by atoms with Crippen molar-refractivity contribution in [2.45, 2.75) is 24.8 Å². The van der Waals surface area contributed by atoms with Crippen LogP contribution in [0.25, 0.3) is 11.0 Å². The molecule has 1 aliphatic heterocycles. The van der Waals surface area contributed by atoms with Crippen molar-refractivity contribution >= 4 is 22.6 Å². The summed E-state index contributed by atoms with van der Waals surface area (Å²) in [6.07, 6.45) is 1.82. The number of aromatic nitrogens is 2. The molecule has 6 heteroatoms. The zero-order valence-corrected chi connectivity index (χ0v) is 11.0. The van der Waals surface area contributed by atoms with Crippen molar-refractivity contribution in [1.82, 2.24) is 9.55 Å². The van der Waals surface area contributed by atoms with Crippen molar-refractivity contribution in [2.24, 2.45) is 0 Å². The average Bonchev–Trinajstić information content (AvgIpc) is 2.78. The molecule has 1 unspecified atom stereocenters. The number of nitrogens with zero attached hydrogens (tertiary/aromatic N) is 2. The quantitative estimate of drug-likeness (QED) is 0.791. The van der Waals surface area contributed by atoms with Crippen LogP contribution in [0.3, 0.4) is 0 Å². The third-order valence-electron chi connectivity index (χ3n) is 3.41. The maximum atomic E-state index is 13.8. The van der Waals surface area contributed by atoms with Gasteiger partial charge in [-0.25, -0.2) is 13.8 Å². The molecule has 0 aliphatic carbocycles. The number of halogens is 3. The average molecular weight is 287 g/mol. The summed E-state index contributed by atoms with van der Waals surface area (Å²) < 4.78 is 34.4. The molecule has 1 aliphatic rings. The minimum absolute atomic E-state index is 0.0358. The van der Waals surface area contributed by atoms with Crippen LogP contribution in [-0.2, 0) is 10.6 Å². The third kappa shape index (κ3) is 2.21. The van der Waals surface area contributed by atoms with Crippen LogP contribution in [0.2, 0.25) is 0 Å². The number of alkyl halides is 1. The van der Waals surface area contributed by atoms with E-state index in [4.69, 9.17) is 16.3 Å². The van der Waals surface area contributed by atoms with E-state index in [2.05, 4.69) is 4.98 Å². The van der Waals surface area contributed by atoms with Gasteiger partial charge in [0.25, 0.3) is 0 Å². The third-order valence-corrected chi connectivity index (χ3v) is 3.65. The van der Waals surface area contributed by atoms with Crippen LogP contribution in [0.4, 0.5) is 8.78 Å². The van der Waals surface area contributed by atoms with Crippen molar-refractivity contribution in [3.8, 4) is 0 Å². The monoisotopic (exact) mass is 286 g/mol. The minimum atomic E-state index is -0.656. The highest BCUT2D eigenvalue weighted by Crippen LogP contribution is 2.29. The van der Waals surface area contributed by atoms with Gasteiger partial charge in [-0.1, -0.05) is 0 Å². The lowest BCUT2D eigenvalue weighted by Crippen LogP contribution is -2.22. The molecule has 19 heavy (non-hydrogen) atoms. The lowest BCUT2D eigenvalue weighted by molar-refractivity contribution is 0.0597. The Bertz CT molecular complexity index is 608. The molecule has 1 aromatic carbocycles. The van der Waals surface area contributed by atoms with Gasteiger partial charge in [-0.3, -0.25) is 0 Å². The summed E-state index contributed by atoms with van der Waals surface area (Å²) in [5.74, 6) is -0.552. The molecule has 0 N–H and O–H groups in total. The smallest absolute Gasteiger partial charge is 0.153 e. The molecular weight excluding hydrogens is 274 g/mol. The number of hydrogen-bond donors (Lipinski definition) is 0. The molecule has 0 bridgehead atoms. The molecule has 1 aromatic heterocycles. The van der Waals surface area contributed by atoms with Gasteiger partial charge >= 0.3 is 0 Å². The standard InChI is InChI=1S/C13H13ClF2N2O/c14-6-12-17-13-10(16)4-8(15)5-11(13)18(12)9-2-1-3-19-7-9/h4-5,9H,1-3,6-7H2. The second-order valence-corrected chi connectivity index (χ2v) is 4.93. The highest BCUT2D eigenvalue weighted by atomic mass is 35.5. The van der Waals surface area contributed by atoms with E-state index in [0.29, 0.717) is 17.9 Å². The Morgan fingerprint density at radius 3 is 2.95 bits per heavy atom. The van der Waals surface area contributed by atoms with Crippen molar-refractivity contribution in [3.63, 3.8) is 0 Å². The first-order valence-corrected chi connectivity index (χ1v) is 6.73. The van der Waals surface area contributed by atoms with Crippen LogP contribution >= 0.6 is 11.6 Å². The van der Waals surface area contributed by atoms with Crippen molar-refractivity contribution in [3.05, 3.63) is 29.6 Å². The fourth-order valence-corrected chi connectivity index (χ4v) is 2.79. The van der Waals surface area contributed by atoms with E-state index in [1.54, 1.807) is 0 Å². The fraction of sp³-hybridized carbons (Fsp3) is 0.462. The number of benzene rings is 1. The summed E-state index contributed by atoms with van der Waals surface area (Å²) in [6.45, 7) is 1.25. The van der Waals surface area contributed by atoms with E-state index in [1.807, 2.05) is 4.57 Å². The summed E-state index contributed by atoms with van der Waals surface area (Å²) in [5.41, 5.74) is 0.617. The highest BCUT2D eigenvalue weighted by Gasteiger charge is 2.23. The van der Waals surface area contributed by atoms with Crippen molar-refractivity contribution in [2.75, 3.05) is 13.2 Å². The topological polar surface area (TPSA) is 27.1 Å². The maximum absolute atomic E-state index is 13.8. The lowest BCUT2D eigenvalue weighted by Gasteiger charge is -2.25. The Hall–Kier alpha value is -1.20. The van der Waals surface area contributed by atoms with E-state index in [0.717, 1.165) is 25.5 Å². The Morgan fingerprint density at radius 1 is 1.42 bits per heavy atom. The molecule has 1 saturated heterocycles. The number of fused-ring (bicyclic) bond motifs is 1. The van der Waals surface area contributed by atoms with E-state index in [1.165, 1.54) is 6.07 Å². The zero-order chi connectivity index (χ0) is 13.4. The molecule has 0 amide bonds. The van der Waals surface area contributed by atoms with Crippen LogP contribution in [0.15, 0.2) is 12.1 Å². The molecule has 102 valence electrons. The van der Waals surface area contributed by atoms with Crippen LogP contribution in [0.5, 0.6) is 0 Å². The molecule has 2 heterocycles. The van der Waals surface area contributed by atoms with E-state index < -0.39 is 11.6 Å². The van der Waals surface area contributed by atoms with E-state index in [9.17, 15) is 8.78 Å². The largest absolute Gasteiger partial charge is 0.379 e. The predicted molar refractivity (Wildman–Crippen MR) is 68.3 cm³/mol. The molecule has 3 rings (SSSR count). The molecule has 0 radical (unpaired) electrons. The van der Waals surface area contributed by atoms with Gasteiger partial charge in [0.05, 0.1) is 24.0 Å². The summed E-state index contributed by atoms with van der Waals surface area (Å²) >= 11 is 5.87. The Balaban J connectivity index is 2.19. The first kappa shape index (κ1) is 12.8. The van der Waals surface area contributed by atoms with Gasteiger partial charge in [0.15, 0.2) is 5.82 Å². The zero-order valence-electron chi connectivity index (χ0n) is 10.2. The van der Waals surface area contributed by atoms with Crippen LogP contribution in [0.1, 0.15) is 24.7 Å². The lowest BCUT2D eigenvalue weighted by atomic mass is 10.1. The maximum Gasteiger partial charge on any atom is 0.153 e. The fourth-order valence-electron chi connectivity index (χ4n) is 2.60. The number of ether oxygens (including phenoxy) is 1. The van der Waals surface area contributed by atoms with Gasteiger partial charge in [-0.2, -0.15) is 0 Å². The Morgan fingerprint density at radius 2 is 2.26 bits per heavy atom. The molecule has 0 saturated carbocycles. The SMILES string of the molecule is Fc1cc(F)c2nc(CCl)n(C3CCCOC3)c2c1. The van der Waals surface area contributed by atoms with E-state index >= 15 is 0 Å². The summed E-state index contributed by atoms with van der Waals surface area (Å²) in [4.78, 5) is 4.18. The molecule has 1 fully saturated rings. The van der Waals surface area contributed by atoms with Gasteiger partial charge in [0.1, 0.15) is 17.2 Å². The van der Waals surface area contributed by atoms with Gasteiger partial charge < -0.3 is 9.30 Å². The number of imidazole rings is 1. The molecule has 1 atom stereocenters. The van der Waals surface area contributed by atoms with Crippen LogP contribution in [-0.4, -0.2) is 22.8 Å². The van der Waals surface area contributed by atoms with Gasteiger partial charge in [-0.05, 0) is 18.9 Å². The van der Waals surface area contributed by atoms with Crippen molar-refractivity contribution < 1.29 is 13.5 Å². The van der Waals surface area contributed by atoms with Crippen molar-refractivity contribution in [1.29, 1.82) is 0 Å². The summed E-state index contributed by atoms with van der Waals surface area (Å²) in [5, 5.41) is 0. The Kier molecular flexibility index (Phi) is 3.41. The van der Waals surface area contributed by atoms with Gasteiger partial charge in [0, 0.05) is 12.7 Å². The molecular formula is C13H13ClF2N2O. The van der Waals surface area contributed by atoms with Crippen LogP contribution < -0.4 is 0 Å². The van der Waals surface area contributed by atoms with Crippen LogP contribution in [0, 0.1) is 11.6 Å². The first-order valence-electron chi connectivity index (χ1n) is 6.20. The number of hydrogen-bond acceptors (Lipinski definition) is 2. The van der Waals surface area contributed by atoms with E-state index in [-0.39, 0.29) is 17.4 Å². The second kappa shape index (κ2) is 5.06. The van der Waals surface area contributed by atoms with Gasteiger partial charge in [-0.15, -0.1) is 11.6 Å². The Labute approximate surface area is 114 Å². The van der Waals surface area contributed by atoms with Gasteiger partial charge in [0.2, 0.25) is 0 Å². The summed E-state index contributed by atoms with van der Waals surface area (Å²) in [7, 11) is 0. The first-order chi connectivity index (χ1) is 9.20. The normalized spacial score (nSPS) is 20.1. The molecule has 3 nitrogen and oxygen atoms in total. The minimum Gasteiger partial charge on any atom is -0.379 e. The summed E-state index contributed by atoms with van der Waals surface area (Å²) in [6, 6.07) is 2.18. The molecule has 0 spiro atoms. The predicted octanol–water partition coefficient (Wildman–Crippen LogP) is 3.40. The number of rotatable bonds is 2. The second-order valence-electron chi connectivity index (χ2n) is 4.66. The highest BCUT2D eigenvalue weighted by molar-refractivity contribution is 6.16.